The third kappa shape index (κ3) is 6.40. The number of nitrogens with zero attached hydrogens (tertiary/aromatic N) is 1. The van der Waals surface area contributed by atoms with Crippen molar-refractivity contribution < 1.29 is 22.7 Å². The number of amides is 1. The number of nitrogens with one attached hydrogen (secondary N) is 1. The molecule has 0 aliphatic heterocycles. The van der Waals surface area contributed by atoms with Crippen molar-refractivity contribution in [2.45, 2.75) is 47.3 Å². The Kier molecular flexibility index (Phi) is 8.37. The van der Waals surface area contributed by atoms with Crippen LogP contribution in [0.5, 0.6) is 5.75 Å². The fourth-order valence-corrected chi connectivity index (χ4v) is 7.30. The number of nitrogen functional groups attached to an aromatic ring is 1. The number of hydrogen-bond donors (Lipinski definition) is 2. The van der Waals surface area contributed by atoms with Crippen LogP contribution < -0.4 is 15.8 Å². The predicted octanol–water partition coefficient (Wildman–Crippen LogP) is 6.05. The molecule has 1 amide bonds. The lowest BCUT2D eigenvalue weighted by Crippen LogP contribution is -2.31. The number of anilines is 1. The number of hydrogen-bond acceptors (Lipinski definition) is 9. The fraction of sp³-hybridized carbons (Fsp3) is 0.280. The van der Waals surface area contributed by atoms with Gasteiger partial charge < -0.3 is 15.2 Å². The van der Waals surface area contributed by atoms with Gasteiger partial charge in [-0.15, -0.1) is 23.1 Å². The summed E-state index contributed by atoms with van der Waals surface area (Å²) in [6, 6.07) is 11.8. The molecule has 0 atom stereocenters. The monoisotopic (exact) mass is 547 g/mol. The van der Waals surface area contributed by atoms with Gasteiger partial charge in [0, 0.05) is 17.3 Å². The van der Waals surface area contributed by atoms with Crippen LogP contribution in [-0.2, 0) is 14.6 Å². The summed E-state index contributed by atoms with van der Waals surface area (Å²) in [6.07, 6.45) is 2.34. The first-order valence-electron chi connectivity index (χ1n) is 10.8. The molecule has 0 aliphatic carbocycles. The van der Waals surface area contributed by atoms with Gasteiger partial charge in [-0.2, -0.15) is 0 Å². The van der Waals surface area contributed by atoms with Crippen molar-refractivity contribution in [3.8, 4) is 16.9 Å². The van der Waals surface area contributed by atoms with E-state index in [0.717, 1.165) is 11.1 Å². The van der Waals surface area contributed by atoms with Crippen LogP contribution in [-0.4, -0.2) is 39.8 Å². The summed E-state index contributed by atoms with van der Waals surface area (Å²) in [5, 5.41) is 2.86. The van der Waals surface area contributed by atoms with Gasteiger partial charge in [0.2, 0.25) is 9.84 Å². The quantitative estimate of drug-likeness (QED) is 0.160. The molecule has 0 bridgehead atoms. The van der Waals surface area contributed by atoms with Crippen LogP contribution in [0.15, 0.2) is 61.5 Å². The Labute approximate surface area is 219 Å². The van der Waals surface area contributed by atoms with Crippen molar-refractivity contribution in [3.63, 3.8) is 0 Å². The van der Waals surface area contributed by atoms with Gasteiger partial charge in [0.25, 0.3) is 0 Å². The first-order chi connectivity index (χ1) is 16.9. The lowest BCUT2D eigenvalue weighted by Gasteiger charge is -2.18. The van der Waals surface area contributed by atoms with Gasteiger partial charge >= 0.3 is 6.09 Å². The number of methoxy groups -OCH3 is 1. The molecule has 0 unspecified atom stereocenters. The number of thiophene rings is 1. The maximum Gasteiger partial charge on any atom is 0.412 e. The standard InChI is InChI=1S/C25H29N3O5S3/c1-15-10-17(32-5)12-19(26)22(15)16-8-7-9-18(11-16)36(30,31)20-13-21(35-23(20)34-6)27-14-28-24(29)33-25(2,3)4/h7-14H,26H2,1-6H3,(H,27,28,29). The number of aryl methyl sites for hydroxylation is 1. The van der Waals surface area contributed by atoms with Gasteiger partial charge in [-0.3, -0.25) is 5.32 Å². The van der Waals surface area contributed by atoms with Gasteiger partial charge in [-0.25, -0.2) is 18.2 Å². The average molecular weight is 548 g/mol. The molecule has 0 fully saturated rings. The van der Waals surface area contributed by atoms with Crippen molar-refractivity contribution in [1.29, 1.82) is 0 Å². The van der Waals surface area contributed by atoms with Crippen LogP contribution >= 0.6 is 23.1 Å². The summed E-state index contributed by atoms with van der Waals surface area (Å²) in [5.74, 6) is 0.634. The SMILES string of the molecule is COc1cc(C)c(-c2cccc(S(=O)(=O)c3cc(/N=C/NC(=O)OC(C)(C)C)sc3SC)c2)c(N)c1. The molecule has 1 heterocycles. The zero-order valence-electron chi connectivity index (χ0n) is 20.9. The first-order valence-corrected chi connectivity index (χ1v) is 14.4. The Hall–Kier alpha value is -3.02. The van der Waals surface area contributed by atoms with Gasteiger partial charge in [0.1, 0.15) is 16.4 Å². The molecule has 8 nitrogen and oxygen atoms in total. The number of carbonyl (C=O) groups excluding carboxylic acids is 1. The molecule has 0 spiro atoms. The van der Waals surface area contributed by atoms with E-state index in [-0.39, 0.29) is 9.79 Å². The normalized spacial score (nSPS) is 12.1. The van der Waals surface area contributed by atoms with E-state index in [1.54, 1.807) is 58.4 Å². The van der Waals surface area contributed by atoms with Crippen molar-refractivity contribution in [3.05, 3.63) is 48.0 Å². The van der Waals surface area contributed by atoms with Crippen LogP contribution in [0.4, 0.5) is 15.5 Å². The van der Waals surface area contributed by atoms with E-state index < -0.39 is 21.5 Å². The van der Waals surface area contributed by atoms with Crippen LogP contribution in [0.2, 0.25) is 0 Å². The first kappa shape index (κ1) is 27.6. The fourth-order valence-electron chi connectivity index (χ4n) is 3.43. The van der Waals surface area contributed by atoms with E-state index >= 15 is 0 Å². The highest BCUT2D eigenvalue weighted by Gasteiger charge is 2.25. The van der Waals surface area contributed by atoms with E-state index in [1.807, 2.05) is 19.1 Å². The molecule has 3 aromatic rings. The van der Waals surface area contributed by atoms with Crippen LogP contribution in [0.1, 0.15) is 26.3 Å². The lowest BCUT2D eigenvalue weighted by atomic mass is 9.98. The number of ether oxygens (including phenoxy) is 2. The zero-order valence-corrected chi connectivity index (χ0v) is 23.4. The van der Waals surface area contributed by atoms with Crippen molar-refractivity contribution in [2.24, 2.45) is 4.99 Å². The third-order valence-corrected chi connectivity index (χ3v) is 9.12. The molecule has 3 N–H and O–H groups in total. The number of nitrogens with two attached hydrogens (primary N) is 1. The molecule has 0 aliphatic rings. The minimum absolute atomic E-state index is 0.144. The molecule has 0 saturated carbocycles. The number of rotatable bonds is 7. The highest BCUT2D eigenvalue weighted by molar-refractivity contribution is 8.01. The van der Waals surface area contributed by atoms with E-state index in [2.05, 4.69) is 10.3 Å². The summed E-state index contributed by atoms with van der Waals surface area (Å²) in [7, 11) is -2.29. The second-order valence-electron chi connectivity index (χ2n) is 8.78. The molecular formula is C25H29N3O5S3. The second kappa shape index (κ2) is 10.9. The third-order valence-electron chi connectivity index (χ3n) is 4.91. The molecule has 1 aromatic heterocycles. The summed E-state index contributed by atoms with van der Waals surface area (Å²) in [4.78, 5) is 16.3. The Bertz CT molecular complexity index is 1380. The Morgan fingerprint density at radius 2 is 1.92 bits per heavy atom. The van der Waals surface area contributed by atoms with Crippen LogP contribution in [0, 0.1) is 6.92 Å². The summed E-state index contributed by atoms with van der Waals surface area (Å²) in [6.45, 7) is 7.16. The van der Waals surface area contributed by atoms with E-state index in [1.165, 1.54) is 35.5 Å². The van der Waals surface area contributed by atoms with Crippen molar-refractivity contribution >= 4 is 56.1 Å². The molecular weight excluding hydrogens is 518 g/mol. The zero-order chi connectivity index (χ0) is 26.7. The topological polar surface area (TPSA) is 120 Å². The summed E-state index contributed by atoms with van der Waals surface area (Å²) >= 11 is 2.53. The smallest absolute Gasteiger partial charge is 0.412 e. The van der Waals surface area contributed by atoms with Gasteiger partial charge in [0.15, 0.2) is 0 Å². The number of benzene rings is 2. The van der Waals surface area contributed by atoms with E-state index in [9.17, 15) is 13.2 Å². The number of sulfone groups is 1. The van der Waals surface area contributed by atoms with E-state index in [0.29, 0.717) is 26.2 Å². The predicted molar refractivity (Wildman–Crippen MR) is 147 cm³/mol. The van der Waals surface area contributed by atoms with Gasteiger partial charge in [-0.1, -0.05) is 12.1 Å². The molecule has 11 heteroatoms. The number of thioether (sulfide) groups is 1. The summed E-state index contributed by atoms with van der Waals surface area (Å²) < 4.78 is 38.3. The Morgan fingerprint density at radius 3 is 2.53 bits per heavy atom. The van der Waals surface area contributed by atoms with Crippen LogP contribution in [0.25, 0.3) is 11.1 Å². The highest BCUT2D eigenvalue weighted by atomic mass is 32.2. The van der Waals surface area contributed by atoms with Gasteiger partial charge in [-0.05, 0) is 69.3 Å². The molecule has 2 aromatic carbocycles. The molecule has 36 heavy (non-hydrogen) atoms. The van der Waals surface area contributed by atoms with Crippen molar-refractivity contribution in [1.82, 2.24) is 5.32 Å². The largest absolute Gasteiger partial charge is 0.497 e. The van der Waals surface area contributed by atoms with Gasteiger partial charge in [0.05, 0.1) is 27.4 Å². The maximum atomic E-state index is 13.6. The number of alkyl carbamates (subject to hydrolysis) is 1. The summed E-state index contributed by atoms with van der Waals surface area (Å²) in [5.41, 5.74) is 8.43. The lowest BCUT2D eigenvalue weighted by molar-refractivity contribution is 0.0565. The number of carbonyl (C=O) groups is 1. The maximum absolute atomic E-state index is 13.6. The molecule has 3 rings (SSSR count). The molecule has 192 valence electrons. The molecule has 0 radical (unpaired) electrons. The Balaban J connectivity index is 1.94. The van der Waals surface area contributed by atoms with Crippen molar-refractivity contribution in [2.75, 3.05) is 19.1 Å². The number of aliphatic imine (C=N–C) groups is 1. The molecule has 0 saturated heterocycles. The second-order valence-corrected chi connectivity index (χ2v) is 12.8. The van der Waals surface area contributed by atoms with Crippen LogP contribution in [0.3, 0.4) is 0 Å². The highest BCUT2D eigenvalue weighted by Crippen LogP contribution is 2.41. The minimum atomic E-state index is -3.86. The minimum Gasteiger partial charge on any atom is -0.497 e. The Morgan fingerprint density at radius 1 is 1.19 bits per heavy atom. The van der Waals surface area contributed by atoms with E-state index in [4.69, 9.17) is 15.2 Å². The average Bonchev–Trinajstić information content (AvgIpc) is 3.21.